The molecule has 1 aliphatic rings. The first-order valence-electron chi connectivity index (χ1n) is 8.41. The fourth-order valence-electron chi connectivity index (χ4n) is 2.95. The van der Waals surface area contributed by atoms with Gasteiger partial charge in [0.25, 0.3) is 0 Å². The molecule has 0 fully saturated rings. The third-order valence-electron chi connectivity index (χ3n) is 4.26. The number of benzene rings is 1. The molecule has 2 aromatic rings. The van der Waals surface area contributed by atoms with Crippen LogP contribution in [0.15, 0.2) is 40.8 Å². The van der Waals surface area contributed by atoms with Crippen molar-refractivity contribution in [3.05, 3.63) is 35.7 Å². The first kappa shape index (κ1) is 18.9. The summed E-state index contributed by atoms with van der Waals surface area (Å²) in [7, 11) is 3.71. The van der Waals surface area contributed by atoms with Crippen molar-refractivity contribution in [3.8, 4) is 6.07 Å². The van der Waals surface area contributed by atoms with Crippen LogP contribution in [0.1, 0.15) is 20.8 Å². The van der Waals surface area contributed by atoms with Crippen LogP contribution in [-0.4, -0.2) is 45.8 Å². The number of nitriles is 1. The molecular formula is C18H21N7OS. The standard InChI is InChI=1S/C18H21N7OS/c1-18(2,3)25-17(20-21-22-25)27-11-15(26)12(10-19)16-23(4)13-8-6-7-9-14(13)24(16)5/h6-9H,11H2,1-5H3. The highest BCUT2D eigenvalue weighted by molar-refractivity contribution is 7.99. The van der Waals surface area contributed by atoms with Crippen LogP contribution in [0.5, 0.6) is 0 Å². The molecule has 0 atom stereocenters. The minimum Gasteiger partial charge on any atom is -0.328 e. The van der Waals surface area contributed by atoms with Crippen molar-refractivity contribution < 1.29 is 4.79 Å². The van der Waals surface area contributed by atoms with Gasteiger partial charge in [0.15, 0.2) is 5.78 Å². The van der Waals surface area contributed by atoms with Crippen molar-refractivity contribution in [3.63, 3.8) is 0 Å². The van der Waals surface area contributed by atoms with Crippen molar-refractivity contribution in [2.75, 3.05) is 29.6 Å². The van der Waals surface area contributed by atoms with Crippen molar-refractivity contribution in [1.82, 2.24) is 20.2 Å². The average molecular weight is 383 g/mol. The minimum atomic E-state index is -0.293. The van der Waals surface area contributed by atoms with E-state index in [0.29, 0.717) is 11.0 Å². The number of fused-ring (bicyclic) bond motifs is 1. The zero-order chi connectivity index (χ0) is 19.8. The molecule has 8 nitrogen and oxygen atoms in total. The third kappa shape index (κ3) is 3.40. The second-order valence-electron chi connectivity index (χ2n) is 7.17. The Bertz CT molecular complexity index is 920. The van der Waals surface area contributed by atoms with Gasteiger partial charge < -0.3 is 9.80 Å². The van der Waals surface area contributed by atoms with Gasteiger partial charge in [0.05, 0.1) is 22.7 Å². The molecule has 0 radical (unpaired) electrons. The normalized spacial score (nSPS) is 13.6. The SMILES string of the molecule is CN1C(=C(C#N)C(=O)CSc2nnnn2C(C)(C)C)N(C)c2ccccc21. The summed E-state index contributed by atoms with van der Waals surface area (Å²) < 4.78 is 1.67. The molecule has 2 heterocycles. The van der Waals surface area contributed by atoms with Crippen LogP contribution >= 0.6 is 11.8 Å². The number of thioether (sulfide) groups is 1. The lowest BCUT2D eigenvalue weighted by Gasteiger charge is -2.20. The molecular weight excluding hydrogens is 362 g/mol. The Hall–Kier alpha value is -2.86. The molecule has 0 aliphatic carbocycles. The number of nitrogens with zero attached hydrogens (tertiary/aromatic N) is 7. The summed E-state index contributed by atoms with van der Waals surface area (Å²) in [5.41, 5.74) is 1.75. The second kappa shape index (κ2) is 7.04. The van der Waals surface area contributed by atoms with Gasteiger partial charge >= 0.3 is 0 Å². The largest absolute Gasteiger partial charge is 0.328 e. The number of allylic oxidation sites excluding steroid dienone is 1. The Morgan fingerprint density at radius 3 is 2.30 bits per heavy atom. The lowest BCUT2D eigenvalue weighted by Crippen LogP contribution is -2.27. The van der Waals surface area contributed by atoms with E-state index in [9.17, 15) is 10.1 Å². The maximum absolute atomic E-state index is 12.8. The number of tetrazole rings is 1. The zero-order valence-electron chi connectivity index (χ0n) is 16.0. The number of aromatic nitrogens is 4. The van der Waals surface area contributed by atoms with Crippen LogP contribution in [-0.2, 0) is 10.3 Å². The topological polar surface area (TPSA) is 90.9 Å². The first-order valence-corrected chi connectivity index (χ1v) is 9.40. The van der Waals surface area contributed by atoms with Crippen LogP contribution in [0.2, 0.25) is 0 Å². The number of carbonyl (C=O) groups excluding carboxylic acids is 1. The molecule has 0 saturated heterocycles. The smallest absolute Gasteiger partial charge is 0.210 e. The van der Waals surface area contributed by atoms with E-state index < -0.39 is 0 Å². The van der Waals surface area contributed by atoms with Gasteiger partial charge in [-0.1, -0.05) is 23.9 Å². The van der Waals surface area contributed by atoms with E-state index in [-0.39, 0.29) is 22.6 Å². The molecule has 1 aliphatic heterocycles. The number of Topliss-reactive ketones (excluding diaryl/α,β-unsaturated/α-hetero) is 1. The molecule has 140 valence electrons. The highest BCUT2D eigenvalue weighted by Gasteiger charge is 2.31. The van der Waals surface area contributed by atoms with E-state index in [4.69, 9.17) is 0 Å². The molecule has 0 unspecified atom stereocenters. The van der Waals surface area contributed by atoms with Gasteiger partial charge in [-0.15, -0.1) is 5.10 Å². The summed E-state index contributed by atoms with van der Waals surface area (Å²) in [6.07, 6.45) is 0. The zero-order valence-corrected chi connectivity index (χ0v) is 16.8. The van der Waals surface area contributed by atoms with Crippen LogP contribution in [0.3, 0.4) is 0 Å². The van der Waals surface area contributed by atoms with E-state index in [2.05, 4.69) is 21.6 Å². The first-order chi connectivity index (χ1) is 12.8. The molecule has 0 spiro atoms. The van der Waals surface area contributed by atoms with Crippen LogP contribution in [0.25, 0.3) is 0 Å². The number of ketones is 1. The Labute approximate surface area is 162 Å². The minimum absolute atomic E-state index is 0.0842. The highest BCUT2D eigenvalue weighted by Crippen LogP contribution is 2.40. The van der Waals surface area contributed by atoms with E-state index in [1.165, 1.54) is 11.8 Å². The second-order valence-corrected chi connectivity index (χ2v) is 8.12. The monoisotopic (exact) mass is 383 g/mol. The third-order valence-corrected chi connectivity index (χ3v) is 5.18. The summed E-state index contributed by atoms with van der Waals surface area (Å²) in [4.78, 5) is 16.6. The molecule has 0 N–H and O–H groups in total. The summed E-state index contributed by atoms with van der Waals surface area (Å²) in [5.74, 6) is 0.410. The van der Waals surface area contributed by atoms with Gasteiger partial charge in [0, 0.05) is 14.1 Å². The van der Waals surface area contributed by atoms with Gasteiger partial charge in [-0.05, 0) is 43.3 Å². The van der Waals surface area contributed by atoms with E-state index in [1.54, 1.807) is 4.68 Å². The lowest BCUT2D eigenvalue weighted by atomic mass is 10.1. The lowest BCUT2D eigenvalue weighted by molar-refractivity contribution is -0.112. The Morgan fingerprint density at radius 2 is 1.78 bits per heavy atom. The van der Waals surface area contributed by atoms with Crippen LogP contribution in [0.4, 0.5) is 11.4 Å². The van der Waals surface area contributed by atoms with Crippen molar-refractivity contribution in [1.29, 1.82) is 5.26 Å². The fourth-order valence-corrected chi connectivity index (χ4v) is 3.88. The summed E-state index contributed by atoms with van der Waals surface area (Å²) in [6.45, 7) is 5.95. The number of rotatable bonds is 4. The van der Waals surface area contributed by atoms with Gasteiger partial charge in [-0.25, -0.2) is 4.68 Å². The molecule has 0 bridgehead atoms. The molecule has 0 amide bonds. The maximum atomic E-state index is 12.8. The predicted molar refractivity (Wildman–Crippen MR) is 104 cm³/mol. The van der Waals surface area contributed by atoms with Crippen molar-refractivity contribution >= 4 is 28.9 Å². The number of para-hydroxylation sites is 2. The van der Waals surface area contributed by atoms with Crippen molar-refractivity contribution in [2.45, 2.75) is 31.5 Å². The molecule has 3 rings (SSSR count). The number of anilines is 2. The van der Waals surface area contributed by atoms with Crippen molar-refractivity contribution in [2.24, 2.45) is 0 Å². The number of hydrogen-bond acceptors (Lipinski definition) is 8. The summed E-state index contributed by atoms with van der Waals surface area (Å²) >= 11 is 1.23. The maximum Gasteiger partial charge on any atom is 0.210 e. The van der Waals surface area contributed by atoms with Gasteiger partial charge in [0.1, 0.15) is 17.5 Å². The molecule has 1 aromatic carbocycles. The van der Waals surface area contributed by atoms with Gasteiger partial charge in [-0.3, -0.25) is 4.79 Å². The number of carbonyl (C=O) groups is 1. The average Bonchev–Trinajstić information content (AvgIpc) is 3.20. The van der Waals surface area contributed by atoms with Gasteiger partial charge in [-0.2, -0.15) is 5.26 Å². The van der Waals surface area contributed by atoms with Crippen LogP contribution < -0.4 is 9.80 Å². The van der Waals surface area contributed by atoms with Gasteiger partial charge in [0.2, 0.25) is 5.16 Å². The summed E-state index contributed by atoms with van der Waals surface area (Å²) in [5, 5.41) is 21.9. The number of hydrogen-bond donors (Lipinski definition) is 0. The Kier molecular flexibility index (Phi) is 4.93. The van der Waals surface area contributed by atoms with E-state index in [0.717, 1.165) is 11.4 Å². The van der Waals surface area contributed by atoms with E-state index >= 15 is 0 Å². The van der Waals surface area contributed by atoms with Crippen LogP contribution in [0, 0.1) is 11.3 Å². The highest BCUT2D eigenvalue weighted by atomic mass is 32.2. The predicted octanol–water partition coefficient (Wildman–Crippen LogP) is 2.41. The quantitative estimate of drug-likeness (QED) is 0.452. The molecule has 1 aromatic heterocycles. The summed E-state index contributed by atoms with van der Waals surface area (Å²) in [6, 6.07) is 9.88. The van der Waals surface area contributed by atoms with E-state index in [1.807, 2.05) is 68.9 Å². The Morgan fingerprint density at radius 1 is 1.19 bits per heavy atom. The molecule has 0 saturated carbocycles. The molecule has 27 heavy (non-hydrogen) atoms. The molecule has 9 heteroatoms. The Balaban J connectivity index is 1.85. The fraction of sp³-hybridized carbons (Fsp3) is 0.389.